The minimum atomic E-state index is -0.357. The van der Waals surface area contributed by atoms with Gasteiger partial charge < -0.3 is 9.88 Å². The SMILES string of the molecule is O=C(c1nnn2cc(-c3ccccc3)[nH]c(=O)c12)N1CCCCCC1. The average Bonchev–Trinajstić information content (AvgIpc) is 2.88. The summed E-state index contributed by atoms with van der Waals surface area (Å²) >= 11 is 0. The van der Waals surface area contributed by atoms with E-state index in [0.717, 1.165) is 31.2 Å². The minimum absolute atomic E-state index is 0.128. The zero-order chi connectivity index (χ0) is 17.2. The standard InChI is InChI=1S/C18H19N5O2/c24-17-16-15(18(25)22-10-6-1-2-7-11-22)20-21-23(16)12-14(19-17)13-8-4-3-5-9-13/h3-5,8-9,12H,1-2,6-7,10-11H2,(H,19,24). The second kappa shape index (κ2) is 6.51. The molecule has 128 valence electrons. The molecule has 3 heterocycles. The smallest absolute Gasteiger partial charge is 0.276 e. The molecular weight excluding hydrogens is 318 g/mol. The number of hydrogen-bond acceptors (Lipinski definition) is 4. The monoisotopic (exact) mass is 337 g/mol. The van der Waals surface area contributed by atoms with Crippen LogP contribution in [-0.4, -0.2) is 43.7 Å². The molecule has 7 heteroatoms. The van der Waals surface area contributed by atoms with Crippen LogP contribution in [-0.2, 0) is 0 Å². The molecule has 1 aliphatic rings. The molecule has 1 N–H and O–H groups in total. The number of H-pyrrole nitrogens is 1. The molecule has 1 saturated heterocycles. The Morgan fingerprint density at radius 1 is 1.04 bits per heavy atom. The Hall–Kier alpha value is -2.96. The van der Waals surface area contributed by atoms with Crippen molar-refractivity contribution in [3.05, 3.63) is 52.6 Å². The maximum absolute atomic E-state index is 12.8. The number of fused-ring (bicyclic) bond motifs is 1. The molecule has 7 nitrogen and oxygen atoms in total. The highest BCUT2D eigenvalue weighted by molar-refractivity contribution is 5.98. The number of nitrogens with one attached hydrogen (secondary N) is 1. The Kier molecular flexibility index (Phi) is 4.05. The highest BCUT2D eigenvalue weighted by Crippen LogP contribution is 2.17. The highest BCUT2D eigenvalue weighted by atomic mass is 16.2. The molecule has 1 amide bonds. The van der Waals surface area contributed by atoms with Crippen molar-refractivity contribution in [2.24, 2.45) is 0 Å². The van der Waals surface area contributed by atoms with Crippen molar-refractivity contribution in [2.75, 3.05) is 13.1 Å². The molecule has 25 heavy (non-hydrogen) atoms. The average molecular weight is 337 g/mol. The van der Waals surface area contributed by atoms with Crippen LogP contribution in [0.25, 0.3) is 16.8 Å². The fraction of sp³-hybridized carbons (Fsp3) is 0.333. The number of likely N-dealkylation sites (tertiary alicyclic amines) is 1. The van der Waals surface area contributed by atoms with Crippen LogP contribution in [0.15, 0.2) is 41.3 Å². The summed E-state index contributed by atoms with van der Waals surface area (Å²) in [6.07, 6.45) is 5.93. The first kappa shape index (κ1) is 15.6. The van der Waals surface area contributed by atoms with Crippen molar-refractivity contribution in [3.63, 3.8) is 0 Å². The normalized spacial score (nSPS) is 15.3. The summed E-state index contributed by atoms with van der Waals surface area (Å²) in [4.78, 5) is 30.0. The lowest BCUT2D eigenvalue weighted by atomic mass is 10.2. The number of rotatable bonds is 2. The van der Waals surface area contributed by atoms with Gasteiger partial charge in [-0.3, -0.25) is 9.59 Å². The third-order valence-electron chi connectivity index (χ3n) is 4.59. The molecule has 1 aliphatic heterocycles. The molecule has 1 aromatic carbocycles. The maximum Gasteiger partial charge on any atom is 0.276 e. The number of aromatic nitrogens is 4. The lowest BCUT2D eigenvalue weighted by Gasteiger charge is -2.18. The van der Waals surface area contributed by atoms with Crippen LogP contribution in [0.4, 0.5) is 0 Å². The van der Waals surface area contributed by atoms with E-state index in [1.165, 1.54) is 4.52 Å². The molecule has 4 rings (SSSR count). The van der Waals surface area contributed by atoms with Gasteiger partial charge in [0.05, 0.1) is 11.9 Å². The summed E-state index contributed by atoms with van der Waals surface area (Å²) in [6, 6.07) is 9.50. The number of nitrogens with zero attached hydrogens (tertiary/aromatic N) is 4. The van der Waals surface area contributed by atoms with Crippen LogP contribution in [0, 0.1) is 0 Å². The van der Waals surface area contributed by atoms with Crippen molar-refractivity contribution in [1.82, 2.24) is 24.7 Å². The lowest BCUT2D eigenvalue weighted by Crippen LogP contribution is -2.33. The van der Waals surface area contributed by atoms with Crippen LogP contribution >= 0.6 is 0 Å². The van der Waals surface area contributed by atoms with Crippen molar-refractivity contribution >= 4 is 11.4 Å². The number of carbonyl (C=O) groups excluding carboxylic acids is 1. The predicted octanol–water partition coefficient (Wildman–Crippen LogP) is 2.10. The first-order valence-electron chi connectivity index (χ1n) is 8.57. The minimum Gasteiger partial charge on any atom is -0.337 e. The fourth-order valence-electron chi connectivity index (χ4n) is 3.26. The Bertz CT molecular complexity index is 953. The number of hydrogen-bond donors (Lipinski definition) is 1. The fourth-order valence-corrected chi connectivity index (χ4v) is 3.26. The molecule has 0 spiro atoms. The Morgan fingerprint density at radius 3 is 2.48 bits per heavy atom. The van der Waals surface area contributed by atoms with Gasteiger partial charge in [-0.15, -0.1) is 5.10 Å². The van der Waals surface area contributed by atoms with Gasteiger partial charge in [-0.1, -0.05) is 48.4 Å². The van der Waals surface area contributed by atoms with Gasteiger partial charge in [0.25, 0.3) is 11.5 Å². The first-order chi connectivity index (χ1) is 12.2. The van der Waals surface area contributed by atoms with Gasteiger partial charge >= 0.3 is 0 Å². The van der Waals surface area contributed by atoms with E-state index in [4.69, 9.17) is 0 Å². The molecule has 0 bridgehead atoms. The van der Waals surface area contributed by atoms with Crippen LogP contribution in [0.3, 0.4) is 0 Å². The second-order valence-electron chi connectivity index (χ2n) is 6.30. The quantitative estimate of drug-likeness (QED) is 0.776. The van der Waals surface area contributed by atoms with Gasteiger partial charge in [-0.2, -0.15) is 0 Å². The number of benzene rings is 1. The summed E-state index contributed by atoms with van der Waals surface area (Å²) in [6.45, 7) is 1.41. The summed E-state index contributed by atoms with van der Waals surface area (Å²) < 4.78 is 1.40. The van der Waals surface area contributed by atoms with E-state index in [2.05, 4.69) is 15.3 Å². The third-order valence-corrected chi connectivity index (χ3v) is 4.59. The third kappa shape index (κ3) is 2.93. The topological polar surface area (TPSA) is 83.4 Å². The summed E-state index contributed by atoms with van der Waals surface area (Å²) in [7, 11) is 0. The van der Waals surface area contributed by atoms with Crippen molar-refractivity contribution in [1.29, 1.82) is 0 Å². The van der Waals surface area contributed by atoms with E-state index in [-0.39, 0.29) is 22.7 Å². The first-order valence-corrected chi connectivity index (χ1v) is 8.57. The van der Waals surface area contributed by atoms with Crippen molar-refractivity contribution in [3.8, 4) is 11.3 Å². The number of amides is 1. The molecule has 1 fully saturated rings. The zero-order valence-corrected chi connectivity index (χ0v) is 13.8. The van der Waals surface area contributed by atoms with Crippen LogP contribution in [0.2, 0.25) is 0 Å². The Morgan fingerprint density at radius 2 is 1.76 bits per heavy atom. The van der Waals surface area contributed by atoms with Gasteiger partial charge in [0, 0.05) is 13.1 Å². The molecule has 0 aliphatic carbocycles. The number of aromatic amines is 1. The maximum atomic E-state index is 12.8. The Balaban J connectivity index is 1.74. The van der Waals surface area contributed by atoms with Crippen LogP contribution in [0.1, 0.15) is 36.2 Å². The van der Waals surface area contributed by atoms with E-state index in [1.807, 2.05) is 30.3 Å². The Labute approximate surface area is 144 Å². The molecule has 0 unspecified atom stereocenters. The summed E-state index contributed by atoms with van der Waals surface area (Å²) in [5.41, 5.74) is 1.48. The van der Waals surface area contributed by atoms with Gasteiger partial charge in [0.1, 0.15) is 0 Å². The van der Waals surface area contributed by atoms with Gasteiger partial charge in [0.2, 0.25) is 0 Å². The van der Waals surface area contributed by atoms with Crippen LogP contribution < -0.4 is 5.56 Å². The van der Waals surface area contributed by atoms with Crippen molar-refractivity contribution < 1.29 is 4.79 Å². The van der Waals surface area contributed by atoms with E-state index >= 15 is 0 Å². The van der Waals surface area contributed by atoms with Gasteiger partial charge in [0.15, 0.2) is 11.2 Å². The van der Waals surface area contributed by atoms with Gasteiger partial charge in [-0.05, 0) is 18.4 Å². The molecule has 3 aromatic rings. The zero-order valence-electron chi connectivity index (χ0n) is 13.8. The summed E-state index contributed by atoms with van der Waals surface area (Å²) in [5, 5.41) is 8.00. The molecule has 0 saturated carbocycles. The van der Waals surface area contributed by atoms with Gasteiger partial charge in [-0.25, -0.2) is 4.52 Å². The molecule has 2 aromatic heterocycles. The molecule has 0 atom stereocenters. The molecule has 0 radical (unpaired) electrons. The molecular formula is C18H19N5O2. The highest BCUT2D eigenvalue weighted by Gasteiger charge is 2.24. The predicted molar refractivity (Wildman–Crippen MR) is 93.4 cm³/mol. The van der Waals surface area contributed by atoms with E-state index in [1.54, 1.807) is 11.1 Å². The van der Waals surface area contributed by atoms with Crippen LogP contribution in [0.5, 0.6) is 0 Å². The number of carbonyl (C=O) groups is 1. The van der Waals surface area contributed by atoms with E-state index in [0.29, 0.717) is 18.8 Å². The van der Waals surface area contributed by atoms with Crippen molar-refractivity contribution in [2.45, 2.75) is 25.7 Å². The van der Waals surface area contributed by atoms with E-state index in [9.17, 15) is 9.59 Å². The second-order valence-corrected chi connectivity index (χ2v) is 6.30. The lowest BCUT2D eigenvalue weighted by molar-refractivity contribution is 0.0757. The van der Waals surface area contributed by atoms with E-state index < -0.39 is 0 Å². The summed E-state index contributed by atoms with van der Waals surface area (Å²) in [5.74, 6) is -0.213. The largest absolute Gasteiger partial charge is 0.337 e.